The standard InChI is InChI=1S/C11H15ClN6/c1-4-8(2)17(3)10-14-9(12)15-11(16-10)18-6-5-13-7-18/h5-8H,4H2,1-3H3. The first-order valence-electron chi connectivity index (χ1n) is 5.74. The van der Waals surface area contributed by atoms with Gasteiger partial charge in [0.25, 0.3) is 0 Å². The minimum atomic E-state index is 0.179. The van der Waals surface area contributed by atoms with Crippen LogP contribution in [0.25, 0.3) is 5.95 Å². The van der Waals surface area contributed by atoms with E-state index in [-0.39, 0.29) is 5.28 Å². The summed E-state index contributed by atoms with van der Waals surface area (Å²) in [6.07, 6.45) is 6.05. The molecule has 1 atom stereocenters. The van der Waals surface area contributed by atoms with Crippen molar-refractivity contribution in [3.05, 3.63) is 24.0 Å². The van der Waals surface area contributed by atoms with Crippen LogP contribution in [0.15, 0.2) is 18.7 Å². The van der Waals surface area contributed by atoms with Gasteiger partial charge in [-0.1, -0.05) is 6.92 Å². The molecule has 0 saturated carbocycles. The molecule has 0 amide bonds. The molecule has 2 aromatic heterocycles. The molecule has 96 valence electrons. The van der Waals surface area contributed by atoms with Crippen LogP contribution in [0.1, 0.15) is 20.3 Å². The lowest BCUT2D eigenvalue weighted by atomic mass is 10.2. The number of imidazole rings is 1. The first kappa shape index (κ1) is 12.8. The molecular weight excluding hydrogens is 252 g/mol. The number of halogens is 1. The van der Waals surface area contributed by atoms with Gasteiger partial charge in [-0.05, 0) is 24.9 Å². The van der Waals surface area contributed by atoms with Gasteiger partial charge in [0.15, 0.2) is 0 Å². The molecule has 0 fully saturated rings. The molecule has 0 aromatic carbocycles. The van der Waals surface area contributed by atoms with Crippen molar-refractivity contribution in [1.82, 2.24) is 24.5 Å². The lowest BCUT2D eigenvalue weighted by molar-refractivity contribution is 0.644. The van der Waals surface area contributed by atoms with Crippen molar-refractivity contribution in [3.8, 4) is 5.95 Å². The Morgan fingerprint density at radius 1 is 1.39 bits per heavy atom. The second-order valence-electron chi connectivity index (χ2n) is 4.04. The van der Waals surface area contributed by atoms with Gasteiger partial charge in [0.05, 0.1) is 0 Å². The maximum absolute atomic E-state index is 5.94. The summed E-state index contributed by atoms with van der Waals surface area (Å²) in [4.78, 5) is 18.6. The highest BCUT2D eigenvalue weighted by atomic mass is 35.5. The van der Waals surface area contributed by atoms with Crippen molar-refractivity contribution in [2.75, 3.05) is 11.9 Å². The molecule has 18 heavy (non-hydrogen) atoms. The van der Waals surface area contributed by atoms with Crippen molar-refractivity contribution in [1.29, 1.82) is 0 Å². The SMILES string of the molecule is CCC(C)N(C)c1nc(Cl)nc(-n2ccnc2)n1. The molecule has 0 aliphatic carbocycles. The summed E-state index contributed by atoms with van der Waals surface area (Å²) in [5.41, 5.74) is 0. The van der Waals surface area contributed by atoms with E-state index < -0.39 is 0 Å². The molecule has 6 nitrogen and oxygen atoms in total. The van der Waals surface area contributed by atoms with E-state index in [9.17, 15) is 0 Å². The van der Waals surface area contributed by atoms with Crippen LogP contribution in [0.2, 0.25) is 5.28 Å². The molecular formula is C11H15ClN6. The van der Waals surface area contributed by atoms with Gasteiger partial charge in [0, 0.05) is 25.5 Å². The molecule has 0 N–H and O–H groups in total. The second kappa shape index (κ2) is 5.30. The minimum Gasteiger partial charge on any atom is -0.341 e. The molecule has 7 heteroatoms. The molecule has 0 aliphatic heterocycles. The molecule has 2 rings (SSSR count). The third-order valence-corrected chi connectivity index (χ3v) is 3.06. The monoisotopic (exact) mass is 266 g/mol. The van der Waals surface area contributed by atoms with E-state index in [1.165, 1.54) is 0 Å². The maximum atomic E-state index is 5.94. The quantitative estimate of drug-likeness (QED) is 0.846. The Kier molecular flexibility index (Phi) is 3.76. The molecule has 2 aromatic rings. The number of anilines is 1. The lowest BCUT2D eigenvalue weighted by Gasteiger charge is -2.23. The molecule has 0 bridgehead atoms. The Labute approximate surface area is 111 Å². The van der Waals surface area contributed by atoms with Gasteiger partial charge in [-0.15, -0.1) is 0 Å². The Hall–Kier alpha value is -1.69. The maximum Gasteiger partial charge on any atom is 0.241 e. The summed E-state index contributed by atoms with van der Waals surface area (Å²) < 4.78 is 1.70. The van der Waals surface area contributed by atoms with Crippen molar-refractivity contribution < 1.29 is 0 Å². The largest absolute Gasteiger partial charge is 0.341 e. The Morgan fingerprint density at radius 3 is 2.78 bits per heavy atom. The molecule has 0 saturated heterocycles. The summed E-state index contributed by atoms with van der Waals surface area (Å²) >= 11 is 5.94. The smallest absolute Gasteiger partial charge is 0.241 e. The Bertz CT molecular complexity index is 512. The number of hydrogen-bond donors (Lipinski definition) is 0. The van der Waals surface area contributed by atoms with Gasteiger partial charge in [0.2, 0.25) is 17.2 Å². The number of hydrogen-bond acceptors (Lipinski definition) is 5. The number of aromatic nitrogens is 5. The third kappa shape index (κ3) is 2.59. The van der Waals surface area contributed by atoms with Crippen molar-refractivity contribution in [2.24, 2.45) is 0 Å². The average molecular weight is 267 g/mol. The molecule has 1 unspecified atom stereocenters. The van der Waals surface area contributed by atoms with Crippen LogP contribution in [0.4, 0.5) is 5.95 Å². The third-order valence-electron chi connectivity index (χ3n) is 2.89. The summed E-state index contributed by atoms with van der Waals surface area (Å²) in [5, 5.41) is 0.179. The first-order valence-corrected chi connectivity index (χ1v) is 6.12. The predicted molar refractivity (Wildman–Crippen MR) is 70.1 cm³/mol. The van der Waals surface area contributed by atoms with Crippen LogP contribution in [0.3, 0.4) is 0 Å². The normalized spacial score (nSPS) is 12.4. The molecule has 0 spiro atoms. The van der Waals surface area contributed by atoms with Crippen LogP contribution in [0.5, 0.6) is 0 Å². The van der Waals surface area contributed by atoms with Gasteiger partial charge < -0.3 is 4.90 Å². The summed E-state index contributed by atoms with van der Waals surface area (Å²) in [5.74, 6) is 1.03. The average Bonchev–Trinajstić information content (AvgIpc) is 2.90. The van der Waals surface area contributed by atoms with Crippen LogP contribution >= 0.6 is 11.6 Å². The van der Waals surface area contributed by atoms with Crippen LogP contribution < -0.4 is 4.90 Å². The van der Waals surface area contributed by atoms with Gasteiger partial charge in [-0.25, -0.2) is 4.98 Å². The highest BCUT2D eigenvalue weighted by molar-refractivity contribution is 6.28. The molecule has 0 radical (unpaired) electrons. The van der Waals surface area contributed by atoms with Crippen molar-refractivity contribution in [2.45, 2.75) is 26.3 Å². The fourth-order valence-electron chi connectivity index (χ4n) is 1.45. The van der Waals surface area contributed by atoms with Crippen molar-refractivity contribution >= 4 is 17.5 Å². The first-order chi connectivity index (χ1) is 8.61. The zero-order valence-electron chi connectivity index (χ0n) is 10.6. The van der Waals surface area contributed by atoms with E-state index in [2.05, 4.69) is 33.8 Å². The van der Waals surface area contributed by atoms with E-state index in [0.29, 0.717) is 17.9 Å². The Morgan fingerprint density at radius 2 is 2.17 bits per heavy atom. The highest BCUT2D eigenvalue weighted by Gasteiger charge is 2.14. The Balaban J connectivity index is 2.38. The topological polar surface area (TPSA) is 59.7 Å². The number of nitrogens with zero attached hydrogens (tertiary/aromatic N) is 6. The van der Waals surface area contributed by atoms with Crippen LogP contribution in [-0.2, 0) is 0 Å². The second-order valence-corrected chi connectivity index (χ2v) is 4.38. The highest BCUT2D eigenvalue weighted by Crippen LogP contribution is 2.15. The molecule has 2 heterocycles. The van der Waals surface area contributed by atoms with Crippen molar-refractivity contribution in [3.63, 3.8) is 0 Å². The molecule has 0 aliphatic rings. The van der Waals surface area contributed by atoms with Gasteiger partial charge >= 0.3 is 0 Å². The minimum absolute atomic E-state index is 0.179. The zero-order chi connectivity index (χ0) is 13.1. The van der Waals surface area contributed by atoms with Crippen LogP contribution in [-0.4, -0.2) is 37.6 Å². The zero-order valence-corrected chi connectivity index (χ0v) is 11.3. The summed E-state index contributed by atoms with van der Waals surface area (Å²) in [6, 6.07) is 0.333. The van der Waals surface area contributed by atoms with E-state index >= 15 is 0 Å². The fourth-order valence-corrected chi connectivity index (χ4v) is 1.60. The van der Waals surface area contributed by atoms with Gasteiger partial charge in [0.1, 0.15) is 6.33 Å². The van der Waals surface area contributed by atoms with Crippen LogP contribution in [0, 0.1) is 0 Å². The number of rotatable bonds is 4. The predicted octanol–water partition coefficient (Wildman–Crippen LogP) is 1.95. The fraction of sp³-hybridized carbons (Fsp3) is 0.455. The lowest BCUT2D eigenvalue weighted by Crippen LogP contribution is -2.30. The van der Waals surface area contributed by atoms with Gasteiger partial charge in [-0.2, -0.15) is 15.0 Å². The van der Waals surface area contributed by atoms with E-state index in [1.54, 1.807) is 23.3 Å². The van der Waals surface area contributed by atoms with E-state index in [4.69, 9.17) is 11.6 Å². The van der Waals surface area contributed by atoms with Gasteiger partial charge in [-0.3, -0.25) is 4.57 Å². The van der Waals surface area contributed by atoms with E-state index in [1.807, 2.05) is 11.9 Å². The summed E-state index contributed by atoms with van der Waals surface area (Å²) in [6.45, 7) is 4.22. The summed E-state index contributed by atoms with van der Waals surface area (Å²) in [7, 11) is 1.94. The van der Waals surface area contributed by atoms with E-state index in [0.717, 1.165) is 6.42 Å².